The van der Waals surface area contributed by atoms with E-state index in [9.17, 15) is 5.11 Å². The molecule has 1 aromatic carbocycles. The third-order valence-corrected chi connectivity index (χ3v) is 2.92. The van der Waals surface area contributed by atoms with Crippen LogP contribution in [0.25, 0.3) is 0 Å². The highest BCUT2D eigenvalue weighted by Crippen LogP contribution is 2.29. The summed E-state index contributed by atoms with van der Waals surface area (Å²) < 4.78 is 0. The fraction of sp³-hybridized carbons (Fsp3) is 0.538. The molecule has 0 heterocycles. The molecule has 0 aromatic heterocycles. The standard InChI is InChI=1S/C13H20O/c1-5-6-7-12-10(3)8-9(2)11(4)13(12)14/h8,14H,5-7H2,1-4H3. The average Bonchev–Trinajstić information content (AvgIpc) is 2.14. The number of hydrogen-bond donors (Lipinski definition) is 1. The molecule has 0 unspecified atom stereocenters. The Kier molecular flexibility index (Phi) is 3.56. The Morgan fingerprint density at radius 1 is 1.14 bits per heavy atom. The van der Waals surface area contributed by atoms with E-state index in [1.165, 1.54) is 17.5 Å². The summed E-state index contributed by atoms with van der Waals surface area (Å²) in [4.78, 5) is 0. The molecule has 0 spiro atoms. The minimum absolute atomic E-state index is 0.510. The molecule has 0 amide bonds. The van der Waals surface area contributed by atoms with Gasteiger partial charge in [0.25, 0.3) is 0 Å². The first-order valence-corrected chi connectivity index (χ1v) is 5.36. The molecule has 1 nitrogen and oxygen atoms in total. The van der Waals surface area contributed by atoms with Gasteiger partial charge in [-0.2, -0.15) is 0 Å². The molecule has 1 aromatic rings. The van der Waals surface area contributed by atoms with Gasteiger partial charge in [-0.15, -0.1) is 0 Å². The number of phenolic OH excluding ortho intramolecular Hbond substituents is 1. The van der Waals surface area contributed by atoms with Gasteiger partial charge in [0.15, 0.2) is 0 Å². The SMILES string of the molecule is CCCCc1c(C)cc(C)c(C)c1O. The Labute approximate surface area is 86.8 Å². The van der Waals surface area contributed by atoms with Crippen LogP contribution in [0.5, 0.6) is 5.75 Å². The largest absolute Gasteiger partial charge is 0.507 e. The Morgan fingerprint density at radius 3 is 2.36 bits per heavy atom. The van der Waals surface area contributed by atoms with E-state index >= 15 is 0 Å². The number of phenols is 1. The third kappa shape index (κ3) is 2.09. The summed E-state index contributed by atoms with van der Waals surface area (Å²) in [7, 11) is 0. The lowest BCUT2D eigenvalue weighted by molar-refractivity contribution is 0.461. The first kappa shape index (κ1) is 11.1. The van der Waals surface area contributed by atoms with E-state index in [1.807, 2.05) is 13.8 Å². The zero-order valence-corrected chi connectivity index (χ0v) is 9.65. The summed E-state index contributed by atoms with van der Waals surface area (Å²) in [6, 6.07) is 2.17. The van der Waals surface area contributed by atoms with Gasteiger partial charge in [0, 0.05) is 0 Å². The smallest absolute Gasteiger partial charge is 0.122 e. The van der Waals surface area contributed by atoms with Crippen molar-refractivity contribution in [3.05, 3.63) is 28.3 Å². The van der Waals surface area contributed by atoms with Crippen LogP contribution in [0, 0.1) is 20.8 Å². The lowest BCUT2D eigenvalue weighted by Crippen LogP contribution is -1.95. The van der Waals surface area contributed by atoms with E-state index in [2.05, 4.69) is 19.9 Å². The predicted octanol–water partition coefficient (Wildman–Crippen LogP) is 3.66. The summed E-state index contributed by atoms with van der Waals surface area (Å²) in [5.41, 5.74) is 4.57. The molecule has 1 heteroatoms. The normalized spacial score (nSPS) is 10.6. The summed E-state index contributed by atoms with van der Waals surface area (Å²) in [6.45, 7) is 8.29. The van der Waals surface area contributed by atoms with Gasteiger partial charge in [-0.3, -0.25) is 0 Å². The number of unbranched alkanes of at least 4 members (excludes halogenated alkanes) is 1. The van der Waals surface area contributed by atoms with Gasteiger partial charge < -0.3 is 5.11 Å². The molecule has 0 aliphatic heterocycles. The molecule has 0 saturated heterocycles. The molecular formula is C13H20O. The van der Waals surface area contributed by atoms with E-state index in [4.69, 9.17) is 0 Å². The van der Waals surface area contributed by atoms with E-state index in [0.29, 0.717) is 5.75 Å². The summed E-state index contributed by atoms with van der Waals surface area (Å²) >= 11 is 0. The minimum atomic E-state index is 0.510. The Balaban J connectivity index is 3.09. The zero-order chi connectivity index (χ0) is 10.7. The maximum atomic E-state index is 9.99. The first-order chi connectivity index (χ1) is 6.57. The lowest BCUT2D eigenvalue weighted by Gasteiger charge is -2.12. The molecule has 0 fully saturated rings. The van der Waals surface area contributed by atoms with Crippen LogP contribution < -0.4 is 0 Å². The molecule has 0 atom stereocenters. The molecule has 1 rings (SSSR count). The maximum absolute atomic E-state index is 9.99. The second-order valence-electron chi connectivity index (χ2n) is 4.07. The van der Waals surface area contributed by atoms with E-state index in [-0.39, 0.29) is 0 Å². The van der Waals surface area contributed by atoms with Gasteiger partial charge in [-0.1, -0.05) is 19.4 Å². The molecule has 0 aliphatic carbocycles. The van der Waals surface area contributed by atoms with Crippen molar-refractivity contribution in [2.24, 2.45) is 0 Å². The summed E-state index contributed by atoms with van der Waals surface area (Å²) in [5.74, 6) is 0.510. The summed E-state index contributed by atoms with van der Waals surface area (Å²) in [5, 5.41) is 9.99. The van der Waals surface area contributed by atoms with Crippen LogP contribution >= 0.6 is 0 Å². The van der Waals surface area contributed by atoms with Crippen molar-refractivity contribution >= 4 is 0 Å². The third-order valence-electron chi connectivity index (χ3n) is 2.92. The lowest BCUT2D eigenvalue weighted by atomic mass is 9.96. The average molecular weight is 192 g/mol. The Bertz CT molecular complexity index is 326. The molecule has 0 aliphatic rings. The van der Waals surface area contributed by atoms with Crippen molar-refractivity contribution < 1.29 is 5.11 Å². The molecule has 0 bridgehead atoms. The second-order valence-corrected chi connectivity index (χ2v) is 4.07. The molecular weight excluding hydrogens is 172 g/mol. The first-order valence-electron chi connectivity index (χ1n) is 5.36. The number of aromatic hydroxyl groups is 1. The maximum Gasteiger partial charge on any atom is 0.122 e. The molecule has 14 heavy (non-hydrogen) atoms. The second kappa shape index (κ2) is 4.50. The summed E-state index contributed by atoms with van der Waals surface area (Å²) in [6.07, 6.45) is 3.32. The fourth-order valence-corrected chi connectivity index (χ4v) is 1.79. The van der Waals surface area contributed by atoms with Crippen molar-refractivity contribution in [3.8, 4) is 5.75 Å². The van der Waals surface area contributed by atoms with Crippen LogP contribution in [-0.2, 0) is 6.42 Å². The van der Waals surface area contributed by atoms with E-state index in [1.54, 1.807) is 0 Å². The zero-order valence-electron chi connectivity index (χ0n) is 9.65. The van der Waals surface area contributed by atoms with Crippen LogP contribution in [0.15, 0.2) is 6.07 Å². The number of hydrogen-bond acceptors (Lipinski definition) is 1. The van der Waals surface area contributed by atoms with Gasteiger partial charge in [0.1, 0.15) is 5.75 Å². The predicted molar refractivity (Wildman–Crippen MR) is 60.9 cm³/mol. The van der Waals surface area contributed by atoms with Crippen molar-refractivity contribution in [2.45, 2.75) is 47.0 Å². The highest BCUT2D eigenvalue weighted by molar-refractivity contribution is 5.48. The number of aryl methyl sites for hydroxylation is 2. The van der Waals surface area contributed by atoms with Crippen molar-refractivity contribution in [1.82, 2.24) is 0 Å². The van der Waals surface area contributed by atoms with Gasteiger partial charge in [-0.05, 0) is 55.9 Å². The van der Waals surface area contributed by atoms with Crippen LogP contribution in [0.1, 0.15) is 42.0 Å². The Hall–Kier alpha value is -0.980. The van der Waals surface area contributed by atoms with Gasteiger partial charge in [0.05, 0.1) is 0 Å². The van der Waals surface area contributed by atoms with Crippen molar-refractivity contribution in [1.29, 1.82) is 0 Å². The quantitative estimate of drug-likeness (QED) is 0.775. The van der Waals surface area contributed by atoms with Gasteiger partial charge >= 0.3 is 0 Å². The highest BCUT2D eigenvalue weighted by atomic mass is 16.3. The van der Waals surface area contributed by atoms with Crippen LogP contribution in [0.2, 0.25) is 0 Å². The number of rotatable bonds is 3. The molecule has 1 N–H and O–H groups in total. The Morgan fingerprint density at radius 2 is 1.79 bits per heavy atom. The molecule has 0 saturated carbocycles. The fourth-order valence-electron chi connectivity index (χ4n) is 1.79. The number of benzene rings is 1. The van der Waals surface area contributed by atoms with Crippen LogP contribution in [0.3, 0.4) is 0 Å². The molecule has 78 valence electrons. The van der Waals surface area contributed by atoms with Gasteiger partial charge in [-0.25, -0.2) is 0 Å². The van der Waals surface area contributed by atoms with Crippen molar-refractivity contribution in [3.63, 3.8) is 0 Å². The van der Waals surface area contributed by atoms with Gasteiger partial charge in [0.2, 0.25) is 0 Å². The van der Waals surface area contributed by atoms with E-state index < -0.39 is 0 Å². The highest BCUT2D eigenvalue weighted by Gasteiger charge is 2.09. The topological polar surface area (TPSA) is 20.2 Å². The molecule has 0 radical (unpaired) electrons. The minimum Gasteiger partial charge on any atom is -0.507 e. The van der Waals surface area contributed by atoms with E-state index in [0.717, 1.165) is 24.0 Å². The monoisotopic (exact) mass is 192 g/mol. The van der Waals surface area contributed by atoms with Crippen LogP contribution in [-0.4, -0.2) is 5.11 Å². The van der Waals surface area contributed by atoms with Crippen molar-refractivity contribution in [2.75, 3.05) is 0 Å². The van der Waals surface area contributed by atoms with Crippen LogP contribution in [0.4, 0.5) is 0 Å².